The Kier molecular flexibility index (Phi) is 22.1. The normalized spacial score (nSPS) is 10.1. The fraction of sp³-hybridized carbons (Fsp3) is 0.941. The summed E-state index contributed by atoms with van der Waals surface area (Å²) in [6.45, 7) is 2.27. The number of ether oxygens (including phenoxy) is 1. The van der Waals surface area contributed by atoms with Gasteiger partial charge in [-0.1, -0.05) is 84.0 Å². The molecule has 0 spiro atoms. The van der Waals surface area contributed by atoms with Crippen LogP contribution in [0.5, 0.6) is 0 Å². The molecule has 0 radical (unpaired) electrons. The standard InChI is InChI=1S/C17H34O2.Na.H/c1-3-4-5-6-7-8-9-10-11-12-13-14-15-16-17(18)19-2;;/h3-16H2,1-2H3;;/q;+1;-1. The van der Waals surface area contributed by atoms with Crippen molar-refractivity contribution >= 4 is 5.97 Å². The molecule has 0 N–H and O–H groups in total. The fourth-order valence-electron chi connectivity index (χ4n) is 2.39. The Labute approximate surface area is 150 Å². The van der Waals surface area contributed by atoms with Gasteiger partial charge in [0.15, 0.2) is 0 Å². The van der Waals surface area contributed by atoms with Gasteiger partial charge in [-0.25, -0.2) is 0 Å². The van der Waals surface area contributed by atoms with Crippen LogP contribution < -0.4 is 29.6 Å². The predicted molar refractivity (Wildman–Crippen MR) is 83.4 cm³/mol. The Morgan fingerprint density at radius 1 is 0.750 bits per heavy atom. The first kappa shape index (κ1) is 22.7. The maximum atomic E-state index is 10.9. The van der Waals surface area contributed by atoms with Crippen LogP contribution in [0, 0.1) is 0 Å². The number of hydrogen-bond acceptors (Lipinski definition) is 2. The first-order valence-corrected chi connectivity index (χ1v) is 8.38. The zero-order valence-corrected chi connectivity index (χ0v) is 16.2. The molecule has 0 atom stereocenters. The van der Waals surface area contributed by atoms with Crippen molar-refractivity contribution in [2.24, 2.45) is 0 Å². The van der Waals surface area contributed by atoms with Crippen molar-refractivity contribution in [1.82, 2.24) is 0 Å². The van der Waals surface area contributed by atoms with Crippen LogP contribution in [-0.4, -0.2) is 13.1 Å². The molecule has 20 heavy (non-hydrogen) atoms. The van der Waals surface area contributed by atoms with E-state index >= 15 is 0 Å². The van der Waals surface area contributed by atoms with Gasteiger partial charge in [0.1, 0.15) is 0 Å². The molecule has 116 valence electrons. The molecule has 0 bridgehead atoms. The molecule has 0 aliphatic rings. The van der Waals surface area contributed by atoms with Crippen LogP contribution in [0.25, 0.3) is 0 Å². The van der Waals surface area contributed by atoms with E-state index in [9.17, 15) is 4.79 Å². The summed E-state index contributed by atoms with van der Waals surface area (Å²) in [7, 11) is 1.46. The third-order valence-corrected chi connectivity index (χ3v) is 3.71. The van der Waals surface area contributed by atoms with Crippen LogP contribution in [0.4, 0.5) is 0 Å². The van der Waals surface area contributed by atoms with E-state index in [2.05, 4.69) is 11.7 Å². The second kappa shape index (κ2) is 19.5. The summed E-state index contributed by atoms with van der Waals surface area (Å²) in [5.74, 6) is -0.0666. The van der Waals surface area contributed by atoms with E-state index in [0.29, 0.717) is 6.42 Å². The third kappa shape index (κ3) is 18.5. The SMILES string of the molecule is CCCCCCCCCCCCCCCC(=O)OC.[H-].[Na+]. The molecule has 0 unspecified atom stereocenters. The van der Waals surface area contributed by atoms with Gasteiger partial charge in [0.05, 0.1) is 7.11 Å². The molecular formula is C17H35NaO2. The largest absolute Gasteiger partial charge is 1.00 e. The summed E-state index contributed by atoms with van der Waals surface area (Å²) in [5.41, 5.74) is 0. The molecule has 0 aliphatic carbocycles. The van der Waals surface area contributed by atoms with Gasteiger partial charge in [-0.15, -0.1) is 0 Å². The van der Waals surface area contributed by atoms with E-state index in [-0.39, 0.29) is 37.0 Å². The van der Waals surface area contributed by atoms with Gasteiger partial charge in [-0.3, -0.25) is 4.79 Å². The third-order valence-electron chi connectivity index (χ3n) is 3.71. The summed E-state index contributed by atoms with van der Waals surface area (Å²) < 4.78 is 4.62. The molecule has 3 heteroatoms. The number of carbonyl (C=O) groups is 1. The Morgan fingerprint density at radius 2 is 1.10 bits per heavy atom. The smallest absolute Gasteiger partial charge is 1.00 e. The zero-order valence-electron chi connectivity index (χ0n) is 15.2. The monoisotopic (exact) mass is 294 g/mol. The summed E-state index contributed by atoms with van der Waals surface area (Å²) in [4.78, 5) is 10.9. The van der Waals surface area contributed by atoms with Crippen molar-refractivity contribution in [3.05, 3.63) is 0 Å². The van der Waals surface area contributed by atoms with Crippen LogP contribution in [-0.2, 0) is 9.53 Å². The van der Waals surface area contributed by atoms with Crippen LogP contribution in [0.15, 0.2) is 0 Å². The number of hydrogen-bond donors (Lipinski definition) is 0. The second-order valence-corrected chi connectivity index (χ2v) is 5.57. The minimum atomic E-state index is -0.0666. The quantitative estimate of drug-likeness (QED) is 0.280. The first-order chi connectivity index (χ1) is 9.31. The molecule has 0 aromatic carbocycles. The maximum Gasteiger partial charge on any atom is 1.00 e. The van der Waals surface area contributed by atoms with E-state index in [1.807, 2.05) is 0 Å². The maximum absolute atomic E-state index is 10.9. The fourth-order valence-corrected chi connectivity index (χ4v) is 2.39. The van der Waals surface area contributed by atoms with Gasteiger partial charge in [0.25, 0.3) is 0 Å². The van der Waals surface area contributed by atoms with E-state index < -0.39 is 0 Å². The summed E-state index contributed by atoms with van der Waals surface area (Å²) in [6, 6.07) is 0. The van der Waals surface area contributed by atoms with E-state index in [1.165, 1.54) is 84.2 Å². The molecule has 0 saturated heterocycles. The van der Waals surface area contributed by atoms with Crippen molar-refractivity contribution in [2.75, 3.05) is 7.11 Å². The first-order valence-electron chi connectivity index (χ1n) is 8.38. The number of methoxy groups -OCH3 is 1. The van der Waals surface area contributed by atoms with E-state index in [1.54, 1.807) is 0 Å². The van der Waals surface area contributed by atoms with Crippen LogP contribution in [0.2, 0.25) is 0 Å². The zero-order chi connectivity index (χ0) is 14.2. The summed E-state index contributed by atoms with van der Waals surface area (Å²) >= 11 is 0. The molecule has 2 nitrogen and oxygen atoms in total. The topological polar surface area (TPSA) is 26.3 Å². The Morgan fingerprint density at radius 3 is 1.45 bits per heavy atom. The molecular weight excluding hydrogens is 259 g/mol. The van der Waals surface area contributed by atoms with Gasteiger partial charge in [0, 0.05) is 6.42 Å². The molecule has 0 aromatic rings. The van der Waals surface area contributed by atoms with Crippen molar-refractivity contribution in [3.8, 4) is 0 Å². The van der Waals surface area contributed by atoms with Gasteiger partial charge in [-0.2, -0.15) is 0 Å². The number of unbranched alkanes of at least 4 members (excludes halogenated alkanes) is 12. The average molecular weight is 294 g/mol. The molecule has 0 fully saturated rings. The number of esters is 1. The molecule has 0 saturated carbocycles. The number of rotatable bonds is 14. The average Bonchev–Trinajstić information content (AvgIpc) is 2.43. The van der Waals surface area contributed by atoms with Crippen molar-refractivity contribution in [2.45, 2.75) is 96.8 Å². The van der Waals surface area contributed by atoms with Gasteiger partial charge in [0.2, 0.25) is 0 Å². The van der Waals surface area contributed by atoms with Gasteiger partial charge in [-0.05, 0) is 6.42 Å². The summed E-state index contributed by atoms with van der Waals surface area (Å²) in [6.07, 6.45) is 18.0. The molecule has 0 rings (SSSR count). The van der Waals surface area contributed by atoms with Crippen molar-refractivity contribution < 1.29 is 40.5 Å². The minimum absolute atomic E-state index is 0. The Hall–Kier alpha value is 0.470. The van der Waals surface area contributed by atoms with E-state index in [0.717, 1.165) is 6.42 Å². The van der Waals surface area contributed by atoms with Crippen molar-refractivity contribution in [1.29, 1.82) is 0 Å². The Balaban J connectivity index is -0.00000162. The van der Waals surface area contributed by atoms with Gasteiger partial charge < -0.3 is 6.16 Å². The number of carbonyl (C=O) groups excluding carboxylic acids is 1. The predicted octanol–water partition coefficient (Wildman–Crippen LogP) is 2.76. The van der Waals surface area contributed by atoms with Crippen LogP contribution in [0.1, 0.15) is 98.2 Å². The van der Waals surface area contributed by atoms with Crippen molar-refractivity contribution in [3.63, 3.8) is 0 Å². The summed E-state index contributed by atoms with van der Waals surface area (Å²) in [5, 5.41) is 0. The molecule has 0 aromatic heterocycles. The Bertz CT molecular complexity index is 201. The minimum Gasteiger partial charge on any atom is -1.00 e. The van der Waals surface area contributed by atoms with E-state index in [4.69, 9.17) is 0 Å². The molecule has 0 aliphatic heterocycles. The van der Waals surface area contributed by atoms with Crippen LogP contribution in [0.3, 0.4) is 0 Å². The second-order valence-electron chi connectivity index (χ2n) is 5.57. The van der Waals surface area contributed by atoms with Crippen LogP contribution >= 0.6 is 0 Å². The van der Waals surface area contributed by atoms with Gasteiger partial charge >= 0.3 is 35.5 Å². The molecule has 0 amide bonds. The molecule has 0 heterocycles.